The molecule has 0 unspecified atom stereocenters. The van der Waals surface area contributed by atoms with E-state index in [1.54, 1.807) is 4.57 Å². The Morgan fingerprint density at radius 2 is 1.75 bits per heavy atom. The van der Waals surface area contributed by atoms with Gasteiger partial charge in [0.2, 0.25) is 5.82 Å². The van der Waals surface area contributed by atoms with E-state index in [4.69, 9.17) is 11.6 Å². The highest BCUT2D eigenvalue weighted by Crippen LogP contribution is 2.30. The Kier molecular flexibility index (Phi) is 6.55. The Morgan fingerprint density at radius 1 is 1.03 bits per heavy atom. The molecule has 0 aliphatic rings. The summed E-state index contributed by atoms with van der Waals surface area (Å²) in [4.78, 5) is 13.0. The topological polar surface area (TPSA) is 81.4 Å². The van der Waals surface area contributed by atoms with E-state index in [2.05, 4.69) is 58.7 Å². The van der Waals surface area contributed by atoms with Crippen molar-refractivity contribution in [1.29, 1.82) is 0 Å². The monoisotopic (exact) mass is 450 g/mol. The van der Waals surface area contributed by atoms with Crippen LogP contribution in [0.4, 0.5) is 0 Å². The van der Waals surface area contributed by atoms with Gasteiger partial charge in [0.15, 0.2) is 0 Å². The van der Waals surface area contributed by atoms with Crippen LogP contribution in [-0.4, -0.2) is 29.8 Å². The zero-order chi connectivity index (χ0) is 22.7. The van der Waals surface area contributed by atoms with Crippen LogP contribution in [0.15, 0.2) is 53.3 Å². The predicted molar refractivity (Wildman–Crippen MR) is 127 cm³/mol. The van der Waals surface area contributed by atoms with Crippen molar-refractivity contribution in [3.05, 3.63) is 75.4 Å². The fourth-order valence-electron chi connectivity index (χ4n) is 3.89. The summed E-state index contributed by atoms with van der Waals surface area (Å²) >= 11 is 6.58. The summed E-state index contributed by atoms with van der Waals surface area (Å²) < 4.78 is 3.46. The van der Waals surface area contributed by atoms with Gasteiger partial charge in [0.05, 0.1) is 12.2 Å². The number of rotatable bonds is 8. The molecule has 0 spiro atoms. The molecule has 2 heterocycles. The summed E-state index contributed by atoms with van der Waals surface area (Å²) in [6.07, 6.45) is 1.77. The second-order valence-electron chi connectivity index (χ2n) is 8.26. The fraction of sp³-hybridized carbons (Fsp3) is 0.333. The highest BCUT2D eigenvalue weighted by molar-refractivity contribution is 6.30. The summed E-state index contributed by atoms with van der Waals surface area (Å²) in [5.74, 6) is 1.10. The number of H-pyrrole nitrogens is 1. The van der Waals surface area contributed by atoms with Crippen LogP contribution in [0.2, 0.25) is 5.15 Å². The zero-order valence-electron chi connectivity index (χ0n) is 18.5. The number of nitrogens with zero attached hydrogens (tertiary/aromatic N) is 5. The molecule has 4 rings (SSSR count). The second kappa shape index (κ2) is 9.53. The van der Waals surface area contributed by atoms with Crippen LogP contribution < -0.4 is 5.69 Å². The van der Waals surface area contributed by atoms with Gasteiger partial charge in [-0.15, -0.1) is 10.2 Å². The van der Waals surface area contributed by atoms with E-state index in [1.807, 2.05) is 35.8 Å². The quantitative estimate of drug-likeness (QED) is 0.417. The van der Waals surface area contributed by atoms with Crippen molar-refractivity contribution in [3.8, 4) is 22.5 Å². The van der Waals surface area contributed by atoms with Gasteiger partial charge in [-0.25, -0.2) is 4.79 Å². The van der Waals surface area contributed by atoms with Crippen LogP contribution in [0.5, 0.6) is 0 Å². The Morgan fingerprint density at radius 3 is 2.38 bits per heavy atom. The van der Waals surface area contributed by atoms with E-state index in [-0.39, 0.29) is 5.69 Å². The average molecular weight is 451 g/mol. The third kappa shape index (κ3) is 4.39. The van der Waals surface area contributed by atoms with Gasteiger partial charge < -0.3 is 0 Å². The molecule has 0 atom stereocenters. The van der Waals surface area contributed by atoms with E-state index >= 15 is 0 Å². The number of imidazole rings is 1. The number of aromatic nitrogens is 6. The normalized spacial score (nSPS) is 11.4. The Labute approximate surface area is 192 Å². The van der Waals surface area contributed by atoms with Crippen molar-refractivity contribution < 1.29 is 0 Å². The van der Waals surface area contributed by atoms with Crippen LogP contribution in [-0.2, 0) is 19.5 Å². The summed E-state index contributed by atoms with van der Waals surface area (Å²) in [7, 11) is 0. The van der Waals surface area contributed by atoms with Crippen LogP contribution >= 0.6 is 11.6 Å². The van der Waals surface area contributed by atoms with E-state index < -0.39 is 0 Å². The molecule has 2 aromatic heterocycles. The van der Waals surface area contributed by atoms with Crippen LogP contribution in [0, 0.1) is 5.92 Å². The maximum Gasteiger partial charge on any atom is 0.329 e. The maximum absolute atomic E-state index is 13.0. The maximum atomic E-state index is 13.0. The minimum absolute atomic E-state index is 0.0530. The highest BCUT2D eigenvalue weighted by Gasteiger charge is 2.18. The lowest BCUT2D eigenvalue weighted by molar-refractivity contribution is 0.565. The predicted octanol–water partition coefficient (Wildman–Crippen LogP) is 4.81. The number of nitrogens with one attached hydrogen (secondary N) is 1. The van der Waals surface area contributed by atoms with Crippen LogP contribution in [0.25, 0.3) is 22.5 Å². The Balaban J connectivity index is 1.64. The van der Waals surface area contributed by atoms with Crippen molar-refractivity contribution in [3.63, 3.8) is 0 Å². The molecule has 32 heavy (non-hydrogen) atoms. The molecule has 1 N–H and O–H groups in total. The smallest absolute Gasteiger partial charge is 0.290 e. The van der Waals surface area contributed by atoms with E-state index in [0.717, 1.165) is 40.8 Å². The van der Waals surface area contributed by atoms with Crippen LogP contribution in [0.1, 0.15) is 38.4 Å². The third-order valence-corrected chi connectivity index (χ3v) is 6.08. The van der Waals surface area contributed by atoms with Gasteiger partial charge in [0, 0.05) is 12.1 Å². The first-order valence-electron chi connectivity index (χ1n) is 10.9. The van der Waals surface area contributed by atoms with E-state index in [0.29, 0.717) is 30.0 Å². The molecule has 166 valence electrons. The number of aromatic amines is 1. The van der Waals surface area contributed by atoms with Crippen molar-refractivity contribution in [1.82, 2.24) is 29.8 Å². The number of hydrogen-bond donors (Lipinski definition) is 1. The summed E-state index contributed by atoms with van der Waals surface area (Å²) in [5, 5.41) is 15.0. The molecule has 2 aromatic carbocycles. The number of benzene rings is 2. The number of hydrogen-bond acceptors (Lipinski definition) is 4. The molecule has 0 saturated heterocycles. The van der Waals surface area contributed by atoms with Gasteiger partial charge in [0.25, 0.3) is 0 Å². The van der Waals surface area contributed by atoms with Crippen molar-refractivity contribution in [2.45, 2.75) is 46.7 Å². The molecule has 0 aliphatic carbocycles. The number of halogens is 1. The van der Waals surface area contributed by atoms with Crippen molar-refractivity contribution in [2.75, 3.05) is 0 Å². The lowest BCUT2D eigenvalue weighted by Crippen LogP contribution is -2.25. The van der Waals surface area contributed by atoms with Gasteiger partial charge >= 0.3 is 5.69 Å². The van der Waals surface area contributed by atoms with Gasteiger partial charge in [0.1, 0.15) is 5.15 Å². The summed E-state index contributed by atoms with van der Waals surface area (Å²) in [6, 6.07) is 16.2. The minimum atomic E-state index is -0.0530. The average Bonchev–Trinajstić information content (AvgIpc) is 3.40. The Hall–Kier alpha value is -3.19. The summed E-state index contributed by atoms with van der Waals surface area (Å²) in [5.41, 5.74) is 4.89. The Bertz CT molecular complexity index is 1240. The lowest BCUT2D eigenvalue weighted by Gasteiger charge is -2.11. The first kappa shape index (κ1) is 22.0. The van der Waals surface area contributed by atoms with Crippen LogP contribution in [0.3, 0.4) is 0 Å². The van der Waals surface area contributed by atoms with E-state index in [9.17, 15) is 4.79 Å². The highest BCUT2D eigenvalue weighted by atomic mass is 35.5. The SMILES string of the molecule is CCn1c(Cl)c(CCC(C)C)n(Cc2ccc(-c3ccccc3-c3nn[nH]n3)cc2)c1=O. The molecule has 0 fully saturated rings. The standard InChI is InChI=1S/C24H27ClN6O/c1-4-30-22(25)21(14-9-16(2)3)31(24(30)32)15-17-10-12-18(13-11-17)19-7-5-6-8-20(19)23-26-28-29-27-23/h5-8,10-13,16H,4,9,14-15H2,1-3H3,(H,26,27,28,29). The van der Waals surface area contributed by atoms with E-state index in [1.165, 1.54) is 0 Å². The second-order valence-corrected chi connectivity index (χ2v) is 8.62. The molecular weight excluding hydrogens is 424 g/mol. The molecule has 0 bridgehead atoms. The first-order valence-corrected chi connectivity index (χ1v) is 11.3. The molecule has 0 amide bonds. The fourth-order valence-corrected chi connectivity index (χ4v) is 4.28. The van der Waals surface area contributed by atoms with Gasteiger partial charge in [-0.2, -0.15) is 5.21 Å². The first-order chi connectivity index (χ1) is 15.5. The van der Waals surface area contributed by atoms with Gasteiger partial charge in [-0.3, -0.25) is 9.13 Å². The van der Waals surface area contributed by atoms with Gasteiger partial charge in [-0.1, -0.05) is 74.0 Å². The molecule has 7 nitrogen and oxygen atoms in total. The molecular formula is C24H27ClN6O. The summed E-state index contributed by atoms with van der Waals surface area (Å²) in [6.45, 7) is 7.35. The molecule has 8 heteroatoms. The molecule has 0 saturated carbocycles. The number of tetrazole rings is 1. The largest absolute Gasteiger partial charge is 0.329 e. The molecule has 0 aliphatic heterocycles. The van der Waals surface area contributed by atoms with Crippen molar-refractivity contribution in [2.24, 2.45) is 5.92 Å². The lowest BCUT2D eigenvalue weighted by atomic mass is 9.98. The van der Waals surface area contributed by atoms with Gasteiger partial charge in [-0.05, 0) is 47.6 Å². The third-order valence-electron chi connectivity index (χ3n) is 5.66. The zero-order valence-corrected chi connectivity index (χ0v) is 19.3. The molecule has 0 radical (unpaired) electrons. The minimum Gasteiger partial charge on any atom is -0.290 e. The molecule has 4 aromatic rings. The van der Waals surface area contributed by atoms with Crippen molar-refractivity contribution >= 4 is 11.6 Å².